The molecule has 1 aromatic carbocycles. The molecular formula is C29H41NO4. The Hall–Kier alpha value is -1.30. The van der Waals surface area contributed by atoms with Crippen molar-refractivity contribution in [2.24, 2.45) is 22.7 Å². The maximum atomic E-state index is 12.2. The minimum Gasteiger partial charge on any atom is -0.504 e. The Morgan fingerprint density at radius 1 is 1.15 bits per heavy atom. The first-order chi connectivity index (χ1) is 16.0. The van der Waals surface area contributed by atoms with Gasteiger partial charge in [0.05, 0.1) is 5.60 Å². The second kappa shape index (κ2) is 6.33. The largest absolute Gasteiger partial charge is 0.504 e. The first kappa shape index (κ1) is 21.9. The van der Waals surface area contributed by atoms with E-state index >= 15 is 0 Å². The summed E-state index contributed by atoms with van der Waals surface area (Å²) >= 11 is 0. The lowest BCUT2D eigenvalue weighted by atomic mass is 9.33. The molecule has 2 aliphatic heterocycles. The molecule has 5 fully saturated rings. The number of benzene rings is 1. The Morgan fingerprint density at radius 3 is 2.59 bits per heavy atom. The summed E-state index contributed by atoms with van der Waals surface area (Å²) < 4.78 is 13.5. The number of fused-ring (bicyclic) bond motifs is 2. The maximum absolute atomic E-state index is 12.2. The Bertz CT molecular complexity index is 1060. The van der Waals surface area contributed by atoms with E-state index in [4.69, 9.17) is 9.47 Å². The highest BCUT2D eigenvalue weighted by Crippen LogP contribution is 2.78. The van der Waals surface area contributed by atoms with E-state index in [1.165, 1.54) is 30.5 Å². The number of ether oxygens (including phenoxy) is 2. The third-order valence-corrected chi connectivity index (χ3v) is 11.9. The van der Waals surface area contributed by atoms with Gasteiger partial charge < -0.3 is 19.7 Å². The SMILES string of the molecule is COC12CCC3(CC1[C@](C)(O)C(C)(C)C)C1Cc4ccc(O)c5c4C3(CCN1CC1CC1)C2O5. The molecule has 7 atom stereocenters. The highest BCUT2D eigenvalue weighted by atomic mass is 16.6. The van der Waals surface area contributed by atoms with Crippen molar-refractivity contribution in [3.05, 3.63) is 23.3 Å². The standard InChI is InChI=1S/C29H41NO4/c1-25(2,3)26(4,32)20-15-27-10-11-29(20,33-5)24-28(27)12-13-30(16-17-6-7-17)21(27)14-18-8-9-19(31)23(34-24)22(18)28/h8-9,17,20-21,24,31-32H,6-7,10-16H2,1-5H3/t20?,21?,24?,26-,27?,28?,29?/m0/s1. The minimum absolute atomic E-state index is 0.0294. The van der Waals surface area contributed by atoms with E-state index in [1.54, 1.807) is 0 Å². The average molecular weight is 468 g/mol. The molecule has 8 rings (SSSR count). The van der Waals surface area contributed by atoms with Crippen LogP contribution in [0.3, 0.4) is 0 Å². The number of piperidine rings is 1. The highest BCUT2D eigenvalue weighted by Gasteiger charge is 2.82. The van der Waals surface area contributed by atoms with Crippen LogP contribution in [0.2, 0.25) is 0 Å². The van der Waals surface area contributed by atoms with Crippen molar-refractivity contribution in [1.82, 2.24) is 4.90 Å². The third kappa shape index (κ3) is 2.25. The number of phenols is 1. The molecule has 7 aliphatic rings. The molecule has 5 heteroatoms. The van der Waals surface area contributed by atoms with Crippen LogP contribution in [0.25, 0.3) is 0 Å². The summed E-state index contributed by atoms with van der Waals surface area (Å²) in [6.07, 6.45) is 7.64. The van der Waals surface area contributed by atoms with Crippen molar-refractivity contribution in [1.29, 1.82) is 0 Å². The van der Waals surface area contributed by atoms with Crippen molar-refractivity contribution in [2.45, 2.75) is 101 Å². The normalized spacial score (nSPS) is 43.9. The second-order valence-electron chi connectivity index (χ2n) is 13.8. The quantitative estimate of drug-likeness (QED) is 0.687. The molecule has 5 nitrogen and oxygen atoms in total. The zero-order valence-electron chi connectivity index (χ0n) is 21.5. The first-order valence-corrected chi connectivity index (χ1v) is 13.6. The summed E-state index contributed by atoms with van der Waals surface area (Å²) in [5.74, 6) is 1.80. The first-order valence-electron chi connectivity index (χ1n) is 13.6. The summed E-state index contributed by atoms with van der Waals surface area (Å²) in [5.41, 5.74) is 0.783. The van der Waals surface area contributed by atoms with Gasteiger partial charge in [0, 0.05) is 42.0 Å². The number of likely N-dealkylation sites (tertiary alicyclic amines) is 1. The zero-order chi connectivity index (χ0) is 23.9. The van der Waals surface area contributed by atoms with Gasteiger partial charge in [-0.3, -0.25) is 4.90 Å². The van der Waals surface area contributed by atoms with Gasteiger partial charge in [-0.25, -0.2) is 0 Å². The number of aliphatic hydroxyl groups is 1. The van der Waals surface area contributed by atoms with Gasteiger partial charge >= 0.3 is 0 Å². The molecule has 6 unspecified atom stereocenters. The van der Waals surface area contributed by atoms with Crippen molar-refractivity contribution < 1.29 is 19.7 Å². The molecule has 1 aromatic rings. The maximum Gasteiger partial charge on any atom is 0.165 e. The Labute approximate surface area is 203 Å². The predicted octanol–water partition coefficient (Wildman–Crippen LogP) is 4.41. The predicted molar refractivity (Wildman–Crippen MR) is 130 cm³/mol. The van der Waals surface area contributed by atoms with Gasteiger partial charge in [-0.15, -0.1) is 0 Å². The fourth-order valence-electron chi connectivity index (χ4n) is 9.58. The van der Waals surface area contributed by atoms with Crippen LogP contribution in [-0.2, 0) is 16.6 Å². The number of phenolic OH excluding ortho intramolecular Hbond substituents is 1. The molecule has 34 heavy (non-hydrogen) atoms. The Kier molecular flexibility index (Phi) is 4.08. The molecule has 0 aromatic heterocycles. The second-order valence-corrected chi connectivity index (χ2v) is 13.8. The van der Waals surface area contributed by atoms with E-state index in [0.29, 0.717) is 11.8 Å². The fraction of sp³-hybridized carbons (Fsp3) is 0.793. The molecule has 5 aliphatic carbocycles. The molecule has 4 bridgehead atoms. The molecule has 2 spiro atoms. The van der Waals surface area contributed by atoms with E-state index in [-0.39, 0.29) is 34.0 Å². The van der Waals surface area contributed by atoms with Crippen molar-refractivity contribution in [2.75, 3.05) is 20.2 Å². The van der Waals surface area contributed by atoms with Gasteiger partial charge in [0.25, 0.3) is 0 Å². The summed E-state index contributed by atoms with van der Waals surface area (Å²) in [6, 6.07) is 4.46. The van der Waals surface area contributed by atoms with Gasteiger partial charge in [0.1, 0.15) is 11.7 Å². The third-order valence-electron chi connectivity index (χ3n) is 11.9. The van der Waals surface area contributed by atoms with E-state index in [1.807, 2.05) is 20.1 Å². The van der Waals surface area contributed by atoms with Crippen LogP contribution in [0, 0.1) is 22.7 Å². The van der Waals surface area contributed by atoms with Crippen molar-refractivity contribution in [3.8, 4) is 11.5 Å². The van der Waals surface area contributed by atoms with Gasteiger partial charge in [-0.05, 0) is 81.4 Å². The lowest BCUT2D eigenvalue weighted by molar-refractivity contribution is -0.312. The van der Waals surface area contributed by atoms with E-state index in [9.17, 15) is 10.2 Å². The molecule has 1 saturated heterocycles. The van der Waals surface area contributed by atoms with Crippen LogP contribution >= 0.6 is 0 Å². The minimum atomic E-state index is -0.909. The van der Waals surface area contributed by atoms with E-state index < -0.39 is 11.2 Å². The summed E-state index contributed by atoms with van der Waals surface area (Å²) in [7, 11) is 1.83. The van der Waals surface area contributed by atoms with Crippen LogP contribution in [0.5, 0.6) is 11.5 Å². The highest BCUT2D eigenvalue weighted by molar-refractivity contribution is 5.63. The lowest BCUT2D eigenvalue weighted by Gasteiger charge is -2.75. The molecule has 0 amide bonds. The Balaban J connectivity index is 1.47. The van der Waals surface area contributed by atoms with Crippen molar-refractivity contribution in [3.63, 3.8) is 0 Å². The van der Waals surface area contributed by atoms with E-state index in [0.717, 1.165) is 44.6 Å². The number of hydrogen-bond acceptors (Lipinski definition) is 5. The molecule has 186 valence electrons. The van der Waals surface area contributed by atoms with Gasteiger partial charge in [-0.2, -0.15) is 0 Å². The number of methoxy groups -OCH3 is 1. The fourth-order valence-corrected chi connectivity index (χ4v) is 9.58. The average Bonchev–Trinajstić information content (AvgIpc) is 3.53. The van der Waals surface area contributed by atoms with Gasteiger partial charge in [0.15, 0.2) is 11.5 Å². The van der Waals surface area contributed by atoms with Crippen LogP contribution in [0.4, 0.5) is 0 Å². The Morgan fingerprint density at radius 2 is 1.91 bits per heavy atom. The number of hydrogen-bond donors (Lipinski definition) is 2. The van der Waals surface area contributed by atoms with Crippen molar-refractivity contribution >= 4 is 0 Å². The molecule has 4 saturated carbocycles. The summed E-state index contributed by atoms with van der Waals surface area (Å²) in [4.78, 5) is 2.82. The summed E-state index contributed by atoms with van der Waals surface area (Å²) in [5, 5.41) is 23.2. The van der Waals surface area contributed by atoms with Crippen LogP contribution < -0.4 is 4.74 Å². The van der Waals surface area contributed by atoms with E-state index in [2.05, 4.69) is 31.7 Å². The number of nitrogens with zero attached hydrogens (tertiary/aromatic N) is 1. The topological polar surface area (TPSA) is 62.2 Å². The van der Waals surface area contributed by atoms with Crippen LogP contribution in [-0.4, -0.2) is 58.7 Å². The lowest BCUT2D eigenvalue weighted by Crippen LogP contribution is -2.83. The van der Waals surface area contributed by atoms with Crippen LogP contribution in [0.15, 0.2) is 12.1 Å². The summed E-state index contributed by atoms with van der Waals surface area (Å²) in [6.45, 7) is 10.8. The monoisotopic (exact) mass is 467 g/mol. The molecule has 0 radical (unpaired) electrons. The van der Waals surface area contributed by atoms with Gasteiger partial charge in [-0.1, -0.05) is 26.8 Å². The zero-order valence-corrected chi connectivity index (χ0v) is 21.5. The molecule has 2 N–H and O–H groups in total. The van der Waals surface area contributed by atoms with Crippen LogP contribution in [0.1, 0.15) is 77.3 Å². The number of aromatic hydroxyl groups is 1. The van der Waals surface area contributed by atoms with Gasteiger partial charge in [0.2, 0.25) is 0 Å². The number of rotatable bonds is 4. The smallest absolute Gasteiger partial charge is 0.165 e. The molecular weight excluding hydrogens is 426 g/mol. The molecule has 2 heterocycles.